The van der Waals surface area contributed by atoms with Gasteiger partial charge in [0.1, 0.15) is 11.5 Å². The van der Waals surface area contributed by atoms with Crippen LogP contribution in [0.2, 0.25) is 0 Å². The topological polar surface area (TPSA) is 31.4 Å². The van der Waals surface area contributed by atoms with E-state index in [9.17, 15) is 0 Å². The number of ether oxygens (including phenoxy) is 2. The van der Waals surface area contributed by atoms with Crippen LogP contribution in [-0.4, -0.2) is 24.5 Å². The fraction of sp³-hybridized carbons (Fsp3) is 0.500. The minimum atomic E-state index is 0.797. The molecule has 0 radical (unpaired) electrons. The van der Waals surface area contributed by atoms with Crippen LogP contribution in [0.1, 0.15) is 12.0 Å². The highest BCUT2D eigenvalue weighted by Gasteiger charge is 2.09. The van der Waals surface area contributed by atoms with Crippen LogP contribution in [0.5, 0.6) is 11.5 Å². The summed E-state index contributed by atoms with van der Waals surface area (Å²) < 4.78 is 10.5. The molecule has 4 heteroatoms. The average Bonchev–Trinajstić information content (AvgIpc) is 2.25. The summed E-state index contributed by atoms with van der Waals surface area (Å²) in [5.41, 5.74) is 1.09. The molecular weight excluding hydrogens is 246 g/mol. The van der Waals surface area contributed by atoms with Crippen LogP contribution in [0.3, 0.4) is 0 Å². The Morgan fingerprint density at radius 1 is 1.21 bits per heavy atom. The molecule has 0 aliphatic rings. The van der Waals surface area contributed by atoms with Crippen molar-refractivity contribution in [2.24, 2.45) is 0 Å². The van der Waals surface area contributed by atoms with E-state index in [0.29, 0.717) is 0 Å². The summed E-state index contributed by atoms with van der Waals surface area (Å²) in [6.07, 6.45) is 5.41. The molecule has 0 atom stereocenters. The lowest BCUT2D eigenvalue weighted by atomic mass is 10.1. The average molecular weight is 260 g/mol. The maximum atomic E-state index is 5.23. The van der Waals surface area contributed by atoms with Gasteiger partial charge in [-0.1, -0.05) is 15.9 Å². The second kappa shape index (κ2) is 5.86. The van der Waals surface area contributed by atoms with Gasteiger partial charge in [-0.25, -0.2) is 0 Å². The first-order valence-electron chi connectivity index (χ1n) is 4.44. The summed E-state index contributed by atoms with van der Waals surface area (Å²) in [5, 5.41) is 0.974. The molecule has 1 aromatic rings. The molecular formula is C10H14BrNO2. The zero-order chi connectivity index (χ0) is 10.4. The van der Waals surface area contributed by atoms with E-state index in [1.165, 1.54) is 0 Å². The zero-order valence-corrected chi connectivity index (χ0v) is 10.0. The Labute approximate surface area is 92.6 Å². The summed E-state index contributed by atoms with van der Waals surface area (Å²) >= 11 is 3.40. The highest BCUT2D eigenvalue weighted by molar-refractivity contribution is 9.09. The van der Waals surface area contributed by atoms with Crippen LogP contribution in [0, 0.1) is 0 Å². The predicted molar refractivity (Wildman–Crippen MR) is 59.5 cm³/mol. The molecule has 0 saturated carbocycles. The number of hydrogen-bond donors (Lipinski definition) is 0. The molecule has 14 heavy (non-hydrogen) atoms. The van der Waals surface area contributed by atoms with Gasteiger partial charge in [0, 0.05) is 10.9 Å². The molecule has 1 aromatic heterocycles. The Morgan fingerprint density at radius 3 is 2.21 bits per heavy atom. The van der Waals surface area contributed by atoms with Crippen molar-refractivity contribution in [2.45, 2.75) is 12.8 Å². The summed E-state index contributed by atoms with van der Waals surface area (Å²) in [6.45, 7) is 0. The van der Waals surface area contributed by atoms with Crippen molar-refractivity contribution >= 4 is 15.9 Å². The minimum Gasteiger partial charge on any atom is -0.495 e. The molecule has 0 bridgehead atoms. The Hall–Kier alpha value is -0.770. The van der Waals surface area contributed by atoms with Crippen LogP contribution < -0.4 is 9.47 Å². The summed E-state index contributed by atoms with van der Waals surface area (Å²) in [4.78, 5) is 4.03. The number of pyridine rings is 1. The van der Waals surface area contributed by atoms with Crippen molar-refractivity contribution in [2.75, 3.05) is 19.5 Å². The van der Waals surface area contributed by atoms with Gasteiger partial charge in [-0.15, -0.1) is 0 Å². The van der Waals surface area contributed by atoms with E-state index < -0.39 is 0 Å². The molecule has 3 nitrogen and oxygen atoms in total. The number of alkyl halides is 1. The molecule has 1 rings (SSSR count). The predicted octanol–water partition coefficient (Wildman–Crippen LogP) is 2.43. The van der Waals surface area contributed by atoms with Crippen molar-refractivity contribution in [3.05, 3.63) is 18.0 Å². The molecule has 78 valence electrons. The van der Waals surface area contributed by atoms with Gasteiger partial charge >= 0.3 is 0 Å². The number of rotatable bonds is 5. The fourth-order valence-corrected chi connectivity index (χ4v) is 1.57. The quantitative estimate of drug-likeness (QED) is 0.762. The van der Waals surface area contributed by atoms with Crippen molar-refractivity contribution in [3.8, 4) is 11.5 Å². The third-order valence-corrected chi connectivity index (χ3v) is 2.54. The molecule has 0 aliphatic heterocycles. The van der Waals surface area contributed by atoms with E-state index in [4.69, 9.17) is 9.47 Å². The van der Waals surface area contributed by atoms with E-state index in [2.05, 4.69) is 20.9 Å². The summed E-state index contributed by atoms with van der Waals surface area (Å²) in [6, 6.07) is 0. The summed E-state index contributed by atoms with van der Waals surface area (Å²) in [5.74, 6) is 1.59. The molecule has 0 spiro atoms. The maximum Gasteiger partial charge on any atom is 0.144 e. The Kier molecular flexibility index (Phi) is 4.73. The molecule has 0 aromatic carbocycles. The maximum absolute atomic E-state index is 5.23. The van der Waals surface area contributed by atoms with E-state index in [-0.39, 0.29) is 0 Å². The highest BCUT2D eigenvalue weighted by atomic mass is 79.9. The second-order valence-electron chi connectivity index (χ2n) is 2.82. The normalized spacial score (nSPS) is 9.93. The largest absolute Gasteiger partial charge is 0.495 e. The minimum absolute atomic E-state index is 0.797. The third kappa shape index (κ3) is 2.61. The first-order chi connectivity index (χ1) is 6.83. The van der Waals surface area contributed by atoms with Crippen molar-refractivity contribution < 1.29 is 9.47 Å². The van der Waals surface area contributed by atoms with Gasteiger partial charge in [-0.3, -0.25) is 4.98 Å². The molecule has 0 N–H and O–H groups in total. The van der Waals surface area contributed by atoms with Gasteiger partial charge in [-0.2, -0.15) is 0 Å². The van der Waals surface area contributed by atoms with Crippen LogP contribution in [0.25, 0.3) is 0 Å². The highest BCUT2D eigenvalue weighted by Crippen LogP contribution is 2.27. The first-order valence-corrected chi connectivity index (χ1v) is 5.56. The van der Waals surface area contributed by atoms with Crippen LogP contribution in [-0.2, 0) is 6.42 Å². The zero-order valence-electron chi connectivity index (χ0n) is 8.42. The van der Waals surface area contributed by atoms with Gasteiger partial charge in [0.2, 0.25) is 0 Å². The smallest absolute Gasteiger partial charge is 0.144 e. The van der Waals surface area contributed by atoms with Crippen LogP contribution in [0.15, 0.2) is 12.4 Å². The van der Waals surface area contributed by atoms with Crippen LogP contribution >= 0.6 is 15.9 Å². The fourth-order valence-electron chi connectivity index (χ4n) is 1.29. The Morgan fingerprint density at radius 2 is 1.79 bits per heavy atom. The van der Waals surface area contributed by atoms with Gasteiger partial charge in [-0.05, 0) is 12.8 Å². The number of methoxy groups -OCH3 is 2. The monoisotopic (exact) mass is 259 g/mol. The third-order valence-electron chi connectivity index (χ3n) is 1.98. The van der Waals surface area contributed by atoms with Gasteiger partial charge in [0.15, 0.2) is 0 Å². The number of hydrogen-bond acceptors (Lipinski definition) is 3. The van der Waals surface area contributed by atoms with E-state index in [1.54, 1.807) is 26.6 Å². The van der Waals surface area contributed by atoms with E-state index in [1.807, 2.05) is 0 Å². The Balaban J connectivity index is 2.93. The molecule has 0 saturated heterocycles. The van der Waals surface area contributed by atoms with Crippen LogP contribution in [0.4, 0.5) is 0 Å². The number of nitrogens with zero attached hydrogens (tertiary/aromatic N) is 1. The standard InChI is InChI=1S/C10H14BrNO2/c1-13-9-6-12-7-10(14-2)8(9)4-3-5-11/h6-7H,3-5H2,1-2H3. The van der Waals surface area contributed by atoms with Crippen molar-refractivity contribution in [1.82, 2.24) is 4.98 Å². The SMILES string of the molecule is COc1cncc(OC)c1CCCBr. The van der Waals surface area contributed by atoms with Gasteiger partial charge in [0.05, 0.1) is 26.6 Å². The van der Waals surface area contributed by atoms with Crippen molar-refractivity contribution in [3.63, 3.8) is 0 Å². The second-order valence-corrected chi connectivity index (χ2v) is 3.61. The molecule has 1 heterocycles. The molecule has 0 aliphatic carbocycles. The lowest BCUT2D eigenvalue weighted by Crippen LogP contribution is -1.98. The van der Waals surface area contributed by atoms with Gasteiger partial charge < -0.3 is 9.47 Å². The molecule has 0 unspecified atom stereocenters. The number of aromatic nitrogens is 1. The lowest BCUT2D eigenvalue weighted by molar-refractivity contribution is 0.381. The number of halogens is 1. The lowest BCUT2D eigenvalue weighted by Gasteiger charge is -2.11. The van der Waals surface area contributed by atoms with E-state index >= 15 is 0 Å². The summed E-state index contributed by atoms with van der Waals surface area (Å²) in [7, 11) is 3.29. The Bertz CT molecular complexity index is 269. The molecule has 0 amide bonds. The van der Waals surface area contributed by atoms with Crippen molar-refractivity contribution in [1.29, 1.82) is 0 Å². The first kappa shape index (κ1) is 11.3. The molecule has 0 fully saturated rings. The van der Waals surface area contributed by atoms with E-state index in [0.717, 1.165) is 35.2 Å². The van der Waals surface area contributed by atoms with Gasteiger partial charge in [0.25, 0.3) is 0 Å².